The van der Waals surface area contributed by atoms with E-state index in [0.717, 1.165) is 11.3 Å². The lowest BCUT2D eigenvalue weighted by atomic mass is 10.1. The fourth-order valence-corrected chi connectivity index (χ4v) is 2.28. The van der Waals surface area contributed by atoms with Gasteiger partial charge in [-0.25, -0.2) is 0 Å². The molecule has 0 aliphatic carbocycles. The van der Waals surface area contributed by atoms with Gasteiger partial charge in [-0.1, -0.05) is 17.7 Å². The lowest BCUT2D eigenvalue weighted by Gasteiger charge is -2.13. The highest BCUT2D eigenvalue weighted by Crippen LogP contribution is 2.28. The molecule has 2 aromatic carbocycles. The number of carbonyl (C=O) groups excluding carboxylic acids is 1. The van der Waals surface area contributed by atoms with Crippen molar-refractivity contribution in [3.05, 3.63) is 47.5 Å². The Morgan fingerprint density at radius 1 is 1.00 bits per heavy atom. The van der Waals surface area contributed by atoms with Gasteiger partial charge in [-0.2, -0.15) is 0 Å². The van der Waals surface area contributed by atoms with E-state index in [-0.39, 0.29) is 12.5 Å². The molecule has 2 aromatic rings. The van der Waals surface area contributed by atoms with Gasteiger partial charge in [-0.15, -0.1) is 0 Å². The summed E-state index contributed by atoms with van der Waals surface area (Å²) in [4.78, 5) is 12.1. The number of nitrogens with one attached hydrogen (secondary N) is 2. The number of hydrogen-bond acceptors (Lipinski definition) is 4. The molecule has 0 aromatic heterocycles. The molecule has 0 aliphatic rings. The van der Waals surface area contributed by atoms with Gasteiger partial charge in [-0.3, -0.25) is 4.79 Å². The summed E-state index contributed by atoms with van der Waals surface area (Å²) < 4.78 is 10.4. The second kappa shape index (κ2) is 7.54. The number of rotatable bonds is 6. The van der Waals surface area contributed by atoms with E-state index in [4.69, 9.17) is 9.47 Å². The van der Waals surface area contributed by atoms with Gasteiger partial charge in [0.15, 0.2) is 0 Å². The number of hydrogen-bond donors (Lipinski definition) is 2. The normalized spacial score (nSPS) is 10.1. The van der Waals surface area contributed by atoms with Crippen LogP contribution in [-0.4, -0.2) is 26.7 Å². The van der Waals surface area contributed by atoms with Crippen LogP contribution in [0.25, 0.3) is 0 Å². The van der Waals surface area contributed by atoms with Crippen LogP contribution in [-0.2, 0) is 4.79 Å². The van der Waals surface area contributed by atoms with Crippen LogP contribution in [0.1, 0.15) is 11.1 Å². The standard InChI is InChI=1S/C18H22N2O3/c1-12-5-7-15(13(2)9-12)19-11-18(21)20-16-8-6-14(22-3)10-17(16)23-4/h5-10,19H,11H2,1-4H3,(H,20,21). The van der Waals surface area contributed by atoms with Gasteiger partial charge in [-0.05, 0) is 37.6 Å². The first-order chi connectivity index (χ1) is 11.0. The van der Waals surface area contributed by atoms with Crippen molar-refractivity contribution in [3.8, 4) is 11.5 Å². The maximum Gasteiger partial charge on any atom is 0.243 e. The fourth-order valence-electron chi connectivity index (χ4n) is 2.28. The first-order valence-electron chi connectivity index (χ1n) is 7.36. The van der Waals surface area contributed by atoms with Crippen molar-refractivity contribution in [2.24, 2.45) is 0 Å². The fraction of sp³-hybridized carbons (Fsp3) is 0.278. The van der Waals surface area contributed by atoms with E-state index in [1.54, 1.807) is 32.4 Å². The highest BCUT2D eigenvalue weighted by atomic mass is 16.5. The molecule has 0 bridgehead atoms. The third-order valence-electron chi connectivity index (χ3n) is 3.50. The number of methoxy groups -OCH3 is 2. The van der Waals surface area contributed by atoms with Crippen molar-refractivity contribution >= 4 is 17.3 Å². The number of carbonyl (C=O) groups is 1. The Kier molecular flexibility index (Phi) is 5.46. The molecule has 0 unspecified atom stereocenters. The predicted molar refractivity (Wildman–Crippen MR) is 92.6 cm³/mol. The van der Waals surface area contributed by atoms with Gasteiger partial charge in [0.05, 0.1) is 26.5 Å². The maximum atomic E-state index is 12.1. The van der Waals surface area contributed by atoms with Crippen molar-refractivity contribution in [1.82, 2.24) is 0 Å². The van der Waals surface area contributed by atoms with E-state index in [0.29, 0.717) is 17.2 Å². The van der Waals surface area contributed by atoms with Crippen LogP contribution in [0.4, 0.5) is 11.4 Å². The molecule has 0 saturated heterocycles. The van der Waals surface area contributed by atoms with Crippen molar-refractivity contribution < 1.29 is 14.3 Å². The Hall–Kier alpha value is -2.69. The zero-order valence-electron chi connectivity index (χ0n) is 13.9. The number of benzene rings is 2. The monoisotopic (exact) mass is 314 g/mol. The summed E-state index contributed by atoms with van der Waals surface area (Å²) in [5, 5.41) is 5.97. The van der Waals surface area contributed by atoms with Crippen LogP contribution in [0.2, 0.25) is 0 Å². The zero-order valence-corrected chi connectivity index (χ0v) is 13.9. The molecule has 0 fully saturated rings. The average molecular weight is 314 g/mol. The minimum Gasteiger partial charge on any atom is -0.497 e. The Morgan fingerprint density at radius 2 is 1.74 bits per heavy atom. The highest BCUT2D eigenvalue weighted by molar-refractivity contribution is 5.95. The number of amides is 1. The van der Waals surface area contributed by atoms with E-state index in [1.165, 1.54) is 5.56 Å². The smallest absolute Gasteiger partial charge is 0.243 e. The highest BCUT2D eigenvalue weighted by Gasteiger charge is 2.09. The van der Waals surface area contributed by atoms with Crippen molar-refractivity contribution in [3.63, 3.8) is 0 Å². The Bertz CT molecular complexity index is 699. The molecule has 5 nitrogen and oxygen atoms in total. The third kappa shape index (κ3) is 4.39. The van der Waals surface area contributed by atoms with Crippen molar-refractivity contribution in [2.45, 2.75) is 13.8 Å². The molecule has 2 rings (SSSR count). The predicted octanol–water partition coefficient (Wildman–Crippen LogP) is 3.37. The number of anilines is 2. The molecule has 0 radical (unpaired) electrons. The third-order valence-corrected chi connectivity index (χ3v) is 3.50. The summed E-state index contributed by atoms with van der Waals surface area (Å²) >= 11 is 0. The van der Waals surface area contributed by atoms with Crippen LogP contribution in [0.15, 0.2) is 36.4 Å². The Morgan fingerprint density at radius 3 is 2.39 bits per heavy atom. The van der Waals surface area contributed by atoms with Gasteiger partial charge in [0.1, 0.15) is 11.5 Å². The lowest BCUT2D eigenvalue weighted by Crippen LogP contribution is -2.22. The summed E-state index contributed by atoms with van der Waals surface area (Å²) in [6, 6.07) is 11.3. The van der Waals surface area contributed by atoms with E-state index >= 15 is 0 Å². The van der Waals surface area contributed by atoms with Crippen LogP contribution < -0.4 is 20.1 Å². The second-order valence-corrected chi connectivity index (χ2v) is 5.29. The molecule has 23 heavy (non-hydrogen) atoms. The van der Waals surface area contributed by atoms with E-state index < -0.39 is 0 Å². The van der Waals surface area contributed by atoms with Gasteiger partial charge in [0.2, 0.25) is 5.91 Å². The minimum atomic E-state index is -0.145. The zero-order chi connectivity index (χ0) is 16.8. The maximum absolute atomic E-state index is 12.1. The van der Waals surface area contributed by atoms with Gasteiger partial charge in [0, 0.05) is 11.8 Å². The molecule has 0 spiro atoms. The molecule has 0 heterocycles. The summed E-state index contributed by atoms with van der Waals surface area (Å²) in [6.45, 7) is 4.23. The largest absolute Gasteiger partial charge is 0.497 e. The van der Waals surface area contributed by atoms with Crippen molar-refractivity contribution in [2.75, 3.05) is 31.4 Å². The Labute approximate surface area is 136 Å². The van der Waals surface area contributed by atoms with E-state index in [1.807, 2.05) is 26.0 Å². The first-order valence-corrected chi connectivity index (χ1v) is 7.36. The van der Waals surface area contributed by atoms with Crippen LogP contribution in [0.5, 0.6) is 11.5 Å². The minimum absolute atomic E-state index is 0.145. The molecule has 5 heteroatoms. The van der Waals surface area contributed by atoms with Crippen LogP contribution in [0, 0.1) is 13.8 Å². The van der Waals surface area contributed by atoms with Crippen LogP contribution in [0.3, 0.4) is 0 Å². The summed E-state index contributed by atoms with van der Waals surface area (Å²) in [6.07, 6.45) is 0. The topological polar surface area (TPSA) is 59.6 Å². The second-order valence-electron chi connectivity index (χ2n) is 5.29. The van der Waals surface area contributed by atoms with E-state index in [9.17, 15) is 4.79 Å². The van der Waals surface area contributed by atoms with E-state index in [2.05, 4.69) is 16.7 Å². The number of ether oxygens (including phenoxy) is 2. The number of aryl methyl sites for hydroxylation is 2. The quantitative estimate of drug-likeness (QED) is 0.858. The van der Waals surface area contributed by atoms with Gasteiger partial charge < -0.3 is 20.1 Å². The van der Waals surface area contributed by atoms with Crippen molar-refractivity contribution in [1.29, 1.82) is 0 Å². The Balaban J connectivity index is 1.99. The average Bonchev–Trinajstić information content (AvgIpc) is 2.54. The molecule has 1 amide bonds. The van der Waals surface area contributed by atoms with Crippen LogP contribution >= 0.6 is 0 Å². The molecular weight excluding hydrogens is 292 g/mol. The molecule has 2 N–H and O–H groups in total. The molecule has 0 aliphatic heterocycles. The van der Waals surface area contributed by atoms with Gasteiger partial charge in [0.25, 0.3) is 0 Å². The molecule has 0 atom stereocenters. The first kappa shape index (κ1) is 16.7. The molecular formula is C18H22N2O3. The summed E-state index contributed by atoms with van der Waals surface area (Å²) in [5.41, 5.74) is 3.87. The molecule has 122 valence electrons. The van der Waals surface area contributed by atoms with Gasteiger partial charge >= 0.3 is 0 Å². The SMILES string of the molecule is COc1ccc(NC(=O)CNc2ccc(C)cc2C)c(OC)c1. The molecule has 0 saturated carbocycles. The lowest BCUT2D eigenvalue weighted by molar-refractivity contribution is -0.114. The summed E-state index contributed by atoms with van der Waals surface area (Å²) in [7, 11) is 3.14. The summed E-state index contributed by atoms with van der Waals surface area (Å²) in [5.74, 6) is 1.09.